The Kier molecular flexibility index (Phi) is 9.95. The summed E-state index contributed by atoms with van der Waals surface area (Å²) in [6.07, 6.45) is 11.8. The molecule has 2 aromatic heterocycles. The molecule has 4 aromatic rings. The van der Waals surface area contributed by atoms with Crippen LogP contribution in [-0.4, -0.2) is 35.0 Å². The average Bonchev–Trinajstić information content (AvgIpc) is 3.49. The summed E-state index contributed by atoms with van der Waals surface area (Å²) in [4.78, 5) is 30.9. The normalized spacial score (nSPS) is 11.3. The molecule has 0 aliphatic rings. The van der Waals surface area contributed by atoms with E-state index in [0.717, 1.165) is 84.3 Å². The van der Waals surface area contributed by atoms with E-state index in [1.165, 1.54) is 0 Å². The number of nitrogens with two attached hydrogens (primary N) is 2. The molecule has 0 saturated heterocycles. The number of fused-ring (bicyclic) bond motifs is 2. The first-order valence-electron chi connectivity index (χ1n) is 13.6. The van der Waals surface area contributed by atoms with Crippen LogP contribution in [0.5, 0.6) is 11.5 Å². The fraction of sp³-hybridized carbons (Fsp3) is 0.400. The van der Waals surface area contributed by atoms with Crippen LogP contribution in [0.2, 0.25) is 0 Å². The lowest BCUT2D eigenvalue weighted by Crippen LogP contribution is -2.08. The summed E-state index contributed by atoms with van der Waals surface area (Å²) in [7, 11) is 0. The summed E-state index contributed by atoms with van der Waals surface area (Å²) < 4.78 is 11.1. The van der Waals surface area contributed by atoms with E-state index < -0.39 is 0 Å². The molecule has 0 unspecified atom stereocenters. The van der Waals surface area contributed by atoms with Gasteiger partial charge in [-0.15, -0.1) is 0 Å². The molecule has 6 N–H and O–H groups in total. The number of rotatable bonds is 15. The van der Waals surface area contributed by atoms with Gasteiger partial charge in [-0.3, -0.25) is 9.59 Å². The number of benzene rings is 2. The number of H-pyrrole nitrogens is 2. The number of nitrogens with one attached hydrogen (secondary N) is 2. The van der Waals surface area contributed by atoms with Gasteiger partial charge in [0, 0.05) is 47.0 Å². The highest BCUT2D eigenvalue weighted by atomic mass is 16.5. The number of esters is 2. The minimum atomic E-state index is -0.212. The number of hydrogen-bond acceptors (Lipinski definition) is 6. The zero-order chi connectivity index (χ0) is 26.7. The van der Waals surface area contributed by atoms with Gasteiger partial charge in [0.15, 0.2) is 0 Å². The first-order chi connectivity index (χ1) is 18.6. The SMILES string of the molecule is NCCc1c[nH]c2ccc(OC(=O)CCCCCCCCC(=O)Oc3ccc4[nH]cc(CCN)c4c3)cc12. The lowest BCUT2D eigenvalue weighted by molar-refractivity contribution is -0.135. The molecule has 38 heavy (non-hydrogen) atoms. The molecule has 0 spiro atoms. The van der Waals surface area contributed by atoms with E-state index in [4.69, 9.17) is 20.9 Å². The summed E-state index contributed by atoms with van der Waals surface area (Å²) in [5, 5.41) is 2.09. The molecule has 4 rings (SSSR count). The fourth-order valence-corrected chi connectivity index (χ4v) is 4.78. The quantitative estimate of drug-likeness (QED) is 0.0960. The van der Waals surface area contributed by atoms with Crippen LogP contribution in [-0.2, 0) is 22.4 Å². The zero-order valence-electron chi connectivity index (χ0n) is 21.9. The smallest absolute Gasteiger partial charge is 0.311 e. The molecule has 202 valence electrons. The van der Waals surface area contributed by atoms with Crippen molar-refractivity contribution in [2.75, 3.05) is 13.1 Å². The van der Waals surface area contributed by atoms with E-state index in [0.29, 0.717) is 37.4 Å². The number of aromatic amines is 2. The fourth-order valence-electron chi connectivity index (χ4n) is 4.78. The number of carbonyl (C=O) groups is 2. The lowest BCUT2D eigenvalue weighted by atomic mass is 10.1. The Bertz CT molecular complexity index is 1250. The van der Waals surface area contributed by atoms with Gasteiger partial charge in [0.05, 0.1) is 0 Å². The minimum Gasteiger partial charge on any atom is -0.427 e. The Balaban J connectivity index is 1.08. The van der Waals surface area contributed by atoms with Crippen LogP contribution >= 0.6 is 0 Å². The van der Waals surface area contributed by atoms with Gasteiger partial charge in [-0.2, -0.15) is 0 Å². The molecule has 0 aliphatic heterocycles. The van der Waals surface area contributed by atoms with Crippen molar-refractivity contribution in [3.8, 4) is 11.5 Å². The molecule has 8 nitrogen and oxygen atoms in total. The summed E-state index contributed by atoms with van der Waals surface area (Å²) >= 11 is 0. The van der Waals surface area contributed by atoms with Crippen molar-refractivity contribution in [1.29, 1.82) is 0 Å². The molecule has 2 aromatic carbocycles. The summed E-state index contributed by atoms with van der Waals surface area (Å²) in [6.45, 7) is 1.14. The molecule has 0 amide bonds. The maximum absolute atomic E-state index is 12.3. The third-order valence-corrected chi connectivity index (χ3v) is 6.78. The third kappa shape index (κ3) is 7.46. The highest BCUT2D eigenvalue weighted by Gasteiger charge is 2.10. The largest absolute Gasteiger partial charge is 0.427 e. The van der Waals surface area contributed by atoms with Crippen LogP contribution < -0.4 is 20.9 Å². The van der Waals surface area contributed by atoms with E-state index in [9.17, 15) is 9.59 Å². The van der Waals surface area contributed by atoms with Crippen LogP contribution in [0.1, 0.15) is 62.5 Å². The van der Waals surface area contributed by atoms with E-state index >= 15 is 0 Å². The van der Waals surface area contributed by atoms with Gasteiger partial charge in [0.2, 0.25) is 0 Å². The molecule has 0 aliphatic carbocycles. The van der Waals surface area contributed by atoms with Gasteiger partial charge < -0.3 is 30.9 Å². The molecule has 2 heterocycles. The Labute approximate surface area is 223 Å². The molecule has 8 heteroatoms. The predicted octanol–water partition coefficient (Wildman–Crippen LogP) is 5.28. The van der Waals surface area contributed by atoms with E-state index in [2.05, 4.69) is 9.97 Å². The molecule has 0 fully saturated rings. The maximum atomic E-state index is 12.3. The van der Waals surface area contributed by atoms with Gasteiger partial charge in [-0.05, 0) is 86.3 Å². The maximum Gasteiger partial charge on any atom is 0.311 e. The average molecular weight is 519 g/mol. The Morgan fingerprint density at radius 2 is 1.05 bits per heavy atom. The van der Waals surface area contributed by atoms with Gasteiger partial charge in [0.25, 0.3) is 0 Å². The second kappa shape index (κ2) is 13.8. The molecule has 0 saturated carbocycles. The number of ether oxygens (including phenoxy) is 2. The standard InChI is InChI=1S/C30H38N4O4/c31-15-13-21-19-33-27-11-9-23(17-25(21)27)37-29(35)7-5-3-1-2-4-6-8-30(36)38-24-10-12-28-26(18-24)22(14-16-32)20-34-28/h9-12,17-20,33-34H,1-8,13-16,31-32H2. The van der Waals surface area contributed by atoms with Crippen molar-refractivity contribution < 1.29 is 19.1 Å². The van der Waals surface area contributed by atoms with Crippen molar-refractivity contribution in [3.05, 3.63) is 59.9 Å². The first-order valence-corrected chi connectivity index (χ1v) is 13.6. The van der Waals surface area contributed by atoms with Crippen LogP contribution in [0.15, 0.2) is 48.8 Å². The monoisotopic (exact) mass is 518 g/mol. The number of unbranched alkanes of at least 4 members (excludes halogenated alkanes) is 5. The first kappa shape index (κ1) is 27.4. The van der Waals surface area contributed by atoms with E-state index in [1.807, 2.05) is 48.8 Å². The van der Waals surface area contributed by atoms with Gasteiger partial charge in [-0.1, -0.05) is 25.7 Å². The summed E-state index contributed by atoms with van der Waals surface area (Å²) in [5.41, 5.74) is 15.6. The third-order valence-electron chi connectivity index (χ3n) is 6.78. The second-order valence-electron chi connectivity index (χ2n) is 9.69. The van der Waals surface area contributed by atoms with Crippen LogP contribution in [0, 0.1) is 0 Å². The Morgan fingerprint density at radius 1 is 0.632 bits per heavy atom. The highest BCUT2D eigenvalue weighted by Crippen LogP contribution is 2.26. The highest BCUT2D eigenvalue weighted by molar-refractivity contribution is 5.86. The zero-order valence-corrected chi connectivity index (χ0v) is 21.9. The predicted molar refractivity (Wildman–Crippen MR) is 150 cm³/mol. The summed E-state index contributed by atoms with van der Waals surface area (Å²) in [6, 6.07) is 11.3. The van der Waals surface area contributed by atoms with E-state index in [-0.39, 0.29) is 11.9 Å². The van der Waals surface area contributed by atoms with Crippen molar-refractivity contribution in [3.63, 3.8) is 0 Å². The molecule has 0 radical (unpaired) electrons. The number of aromatic nitrogens is 2. The van der Waals surface area contributed by atoms with Crippen LogP contribution in [0.4, 0.5) is 0 Å². The van der Waals surface area contributed by atoms with E-state index in [1.54, 1.807) is 0 Å². The number of hydrogen-bond donors (Lipinski definition) is 4. The molecular formula is C30H38N4O4. The Hall–Kier alpha value is -3.62. The van der Waals surface area contributed by atoms with Crippen molar-refractivity contribution in [2.45, 2.75) is 64.2 Å². The molecular weight excluding hydrogens is 480 g/mol. The number of carbonyl (C=O) groups excluding carboxylic acids is 2. The Morgan fingerprint density at radius 3 is 1.47 bits per heavy atom. The molecule has 0 bridgehead atoms. The lowest BCUT2D eigenvalue weighted by Gasteiger charge is -2.06. The van der Waals surface area contributed by atoms with Gasteiger partial charge >= 0.3 is 11.9 Å². The topological polar surface area (TPSA) is 136 Å². The van der Waals surface area contributed by atoms with Crippen molar-refractivity contribution >= 4 is 33.7 Å². The van der Waals surface area contributed by atoms with Crippen molar-refractivity contribution in [2.24, 2.45) is 11.5 Å². The van der Waals surface area contributed by atoms with Crippen molar-refractivity contribution in [1.82, 2.24) is 9.97 Å². The van der Waals surface area contributed by atoms with Gasteiger partial charge in [0.1, 0.15) is 11.5 Å². The summed E-state index contributed by atoms with van der Waals surface area (Å²) in [5.74, 6) is 0.708. The van der Waals surface area contributed by atoms with Gasteiger partial charge in [-0.25, -0.2) is 0 Å². The second-order valence-corrected chi connectivity index (χ2v) is 9.69. The van der Waals surface area contributed by atoms with Crippen LogP contribution in [0.25, 0.3) is 21.8 Å². The molecule has 0 atom stereocenters. The minimum absolute atomic E-state index is 0.212. The van der Waals surface area contributed by atoms with Crippen LogP contribution in [0.3, 0.4) is 0 Å².